The van der Waals surface area contributed by atoms with Gasteiger partial charge in [-0.15, -0.1) is 10.2 Å². The highest BCUT2D eigenvalue weighted by atomic mass is 35.5. The minimum Gasteiger partial charge on any atom is -0.420 e. The van der Waals surface area contributed by atoms with Gasteiger partial charge in [0.05, 0.1) is 0 Å². The summed E-state index contributed by atoms with van der Waals surface area (Å²) in [4.78, 5) is 12.2. The second-order valence-electron chi connectivity index (χ2n) is 5.16. The number of benzene rings is 1. The molecule has 2 heterocycles. The molecule has 0 aliphatic carbocycles. The smallest absolute Gasteiger partial charge is 0.264 e. The summed E-state index contributed by atoms with van der Waals surface area (Å²) in [7, 11) is 0. The molecule has 0 unspecified atom stereocenters. The van der Waals surface area contributed by atoms with Gasteiger partial charge in [-0.1, -0.05) is 17.7 Å². The lowest BCUT2D eigenvalue weighted by atomic mass is 10.2. The number of aryl methyl sites for hydroxylation is 2. The van der Waals surface area contributed by atoms with Gasteiger partial charge in [-0.2, -0.15) is 0 Å². The topological polar surface area (TPSA) is 73.0 Å². The SMILES string of the molecule is Cc1nnc(-c2cccn2CC(=O)Nc2ccc(C)c(Cl)c2)o1. The average Bonchev–Trinajstić information content (AvgIpc) is 3.11. The van der Waals surface area contributed by atoms with E-state index in [1.807, 2.05) is 31.2 Å². The molecule has 1 N–H and O–H groups in total. The van der Waals surface area contributed by atoms with Crippen molar-refractivity contribution in [2.45, 2.75) is 20.4 Å². The molecule has 0 spiro atoms. The first kappa shape index (κ1) is 15.3. The monoisotopic (exact) mass is 330 g/mol. The van der Waals surface area contributed by atoms with Crippen molar-refractivity contribution < 1.29 is 9.21 Å². The van der Waals surface area contributed by atoms with Crippen LogP contribution in [0.15, 0.2) is 40.9 Å². The summed E-state index contributed by atoms with van der Waals surface area (Å²) in [5, 5.41) is 11.2. The number of carbonyl (C=O) groups excluding carboxylic acids is 1. The molecule has 0 saturated heterocycles. The maximum absolute atomic E-state index is 12.2. The van der Waals surface area contributed by atoms with E-state index in [2.05, 4.69) is 15.5 Å². The van der Waals surface area contributed by atoms with E-state index < -0.39 is 0 Å². The fraction of sp³-hybridized carbons (Fsp3) is 0.188. The summed E-state index contributed by atoms with van der Waals surface area (Å²) in [5.41, 5.74) is 2.32. The van der Waals surface area contributed by atoms with Crippen molar-refractivity contribution in [2.75, 3.05) is 5.32 Å². The van der Waals surface area contributed by atoms with Crippen molar-refractivity contribution in [3.63, 3.8) is 0 Å². The van der Waals surface area contributed by atoms with Gasteiger partial charge in [-0.3, -0.25) is 4.79 Å². The minimum absolute atomic E-state index is 0.134. The normalized spacial score (nSPS) is 10.7. The Morgan fingerprint density at radius 1 is 1.30 bits per heavy atom. The molecule has 3 aromatic rings. The summed E-state index contributed by atoms with van der Waals surface area (Å²) in [5.74, 6) is 0.698. The van der Waals surface area contributed by atoms with E-state index in [9.17, 15) is 4.79 Å². The van der Waals surface area contributed by atoms with Gasteiger partial charge < -0.3 is 14.3 Å². The lowest BCUT2D eigenvalue weighted by Gasteiger charge is -2.09. The van der Waals surface area contributed by atoms with E-state index in [-0.39, 0.29) is 12.5 Å². The number of hydrogen-bond acceptors (Lipinski definition) is 4. The van der Waals surface area contributed by atoms with Gasteiger partial charge >= 0.3 is 0 Å². The molecule has 0 fully saturated rings. The number of aromatic nitrogens is 3. The Hall–Kier alpha value is -2.60. The molecule has 6 nitrogen and oxygen atoms in total. The minimum atomic E-state index is -0.168. The van der Waals surface area contributed by atoms with E-state index in [1.165, 1.54) is 0 Å². The van der Waals surface area contributed by atoms with E-state index in [4.69, 9.17) is 16.0 Å². The van der Waals surface area contributed by atoms with Crippen molar-refractivity contribution in [2.24, 2.45) is 0 Å². The van der Waals surface area contributed by atoms with Gasteiger partial charge in [0.15, 0.2) is 0 Å². The first-order valence-electron chi connectivity index (χ1n) is 7.04. The molecule has 0 saturated carbocycles. The first-order valence-corrected chi connectivity index (χ1v) is 7.42. The first-order chi connectivity index (χ1) is 11.0. The Morgan fingerprint density at radius 3 is 2.83 bits per heavy atom. The Labute approximate surface area is 138 Å². The number of carbonyl (C=O) groups is 1. The Morgan fingerprint density at radius 2 is 2.13 bits per heavy atom. The van der Waals surface area contributed by atoms with Crippen LogP contribution in [0.1, 0.15) is 11.5 Å². The average molecular weight is 331 g/mol. The Kier molecular flexibility index (Phi) is 4.16. The number of hydrogen-bond donors (Lipinski definition) is 1. The number of nitrogens with zero attached hydrogens (tertiary/aromatic N) is 3. The molecule has 0 bridgehead atoms. The zero-order chi connectivity index (χ0) is 16.4. The molecule has 1 amide bonds. The largest absolute Gasteiger partial charge is 0.420 e. The van der Waals surface area contributed by atoms with E-state index in [0.29, 0.717) is 28.2 Å². The summed E-state index contributed by atoms with van der Waals surface area (Å²) in [6, 6.07) is 9.05. The zero-order valence-electron chi connectivity index (χ0n) is 12.7. The number of nitrogens with one attached hydrogen (secondary N) is 1. The van der Waals surface area contributed by atoms with Gasteiger partial charge in [0.2, 0.25) is 11.8 Å². The van der Waals surface area contributed by atoms with Crippen LogP contribution in [0.4, 0.5) is 5.69 Å². The third kappa shape index (κ3) is 3.43. The summed E-state index contributed by atoms with van der Waals surface area (Å²) >= 11 is 6.06. The van der Waals surface area contributed by atoms with E-state index >= 15 is 0 Å². The van der Waals surface area contributed by atoms with Gasteiger partial charge in [-0.05, 0) is 36.8 Å². The van der Waals surface area contributed by atoms with E-state index in [0.717, 1.165) is 5.56 Å². The predicted octanol–water partition coefficient (Wildman–Crippen LogP) is 3.45. The summed E-state index contributed by atoms with van der Waals surface area (Å²) in [6.07, 6.45) is 1.79. The molecule has 0 radical (unpaired) electrons. The molecule has 118 valence electrons. The summed E-state index contributed by atoms with van der Waals surface area (Å²) in [6.45, 7) is 3.76. The standard InChI is InChI=1S/C16H15ClN4O2/c1-10-5-6-12(8-13(10)17)18-15(22)9-21-7-3-4-14(21)16-20-19-11(2)23-16/h3-8H,9H2,1-2H3,(H,18,22). The predicted molar refractivity (Wildman–Crippen MR) is 87.3 cm³/mol. The maximum atomic E-state index is 12.2. The molecule has 7 heteroatoms. The highest BCUT2D eigenvalue weighted by Gasteiger charge is 2.13. The third-order valence-corrected chi connectivity index (χ3v) is 3.75. The second-order valence-corrected chi connectivity index (χ2v) is 5.57. The van der Waals surface area contributed by atoms with Crippen LogP contribution < -0.4 is 5.32 Å². The van der Waals surface area contributed by atoms with Crippen LogP contribution in [0.25, 0.3) is 11.6 Å². The zero-order valence-corrected chi connectivity index (χ0v) is 13.5. The fourth-order valence-electron chi connectivity index (χ4n) is 2.17. The third-order valence-electron chi connectivity index (χ3n) is 3.34. The van der Waals surface area contributed by atoms with Gasteiger partial charge in [0.25, 0.3) is 5.89 Å². The number of halogens is 1. The van der Waals surface area contributed by atoms with Gasteiger partial charge in [0.1, 0.15) is 12.2 Å². The highest BCUT2D eigenvalue weighted by Crippen LogP contribution is 2.21. The highest BCUT2D eigenvalue weighted by molar-refractivity contribution is 6.31. The quantitative estimate of drug-likeness (QED) is 0.795. The Bertz CT molecular complexity index is 853. The van der Waals surface area contributed by atoms with Crippen LogP contribution in [0, 0.1) is 13.8 Å². The lowest BCUT2D eigenvalue weighted by Crippen LogP contribution is -2.18. The van der Waals surface area contributed by atoms with Crippen molar-refractivity contribution in [1.82, 2.24) is 14.8 Å². The van der Waals surface area contributed by atoms with Crippen molar-refractivity contribution >= 4 is 23.2 Å². The van der Waals surface area contributed by atoms with Crippen LogP contribution in [-0.2, 0) is 11.3 Å². The molecule has 0 aliphatic rings. The van der Waals surface area contributed by atoms with Gasteiger partial charge in [-0.25, -0.2) is 0 Å². The number of rotatable bonds is 4. The second kappa shape index (κ2) is 6.26. The van der Waals surface area contributed by atoms with Crippen LogP contribution in [-0.4, -0.2) is 20.7 Å². The van der Waals surface area contributed by atoms with Crippen LogP contribution in [0.3, 0.4) is 0 Å². The summed E-state index contributed by atoms with van der Waals surface area (Å²) < 4.78 is 7.15. The molecule has 0 atom stereocenters. The van der Waals surface area contributed by atoms with E-state index in [1.54, 1.807) is 23.8 Å². The fourth-order valence-corrected chi connectivity index (χ4v) is 2.35. The maximum Gasteiger partial charge on any atom is 0.264 e. The Balaban J connectivity index is 1.73. The van der Waals surface area contributed by atoms with Gasteiger partial charge in [0, 0.05) is 23.8 Å². The van der Waals surface area contributed by atoms with Crippen LogP contribution in [0.2, 0.25) is 5.02 Å². The van der Waals surface area contributed by atoms with Crippen molar-refractivity contribution in [1.29, 1.82) is 0 Å². The molecular formula is C16H15ClN4O2. The van der Waals surface area contributed by atoms with Crippen LogP contribution >= 0.6 is 11.6 Å². The van der Waals surface area contributed by atoms with Crippen LogP contribution in [0.5, 0.6) is 0 Å². The molecule has 1 aromatic carbocycles. The number of anilines is 1. The molecule has 3 rings (SSSR count). The van der Waals surface area contributed by atoms with Crippen molar-refractivity contribution in [3.05, 3.63) is 53.0 Å². The van der Waals surface area contributed by atoms with Crippen molar-refractivity contribution in [3.8, 4) is 11.6 Å². The molecule has 23 heavy (non-hydrogen) atoms. The molecular weight excluding hydrogens is 316 g/mol. The molecule has 2 aromatic heterocycles. The molecule has 0 aliphatic heterocycles. The lowest BCUT2D eigenvalue weighted by molar-refractivity contribution is -0.116. The number of amides is 1.